The summed E-state index contributed by atoms with van der Waals surface area (Å²) in [6.07, 6.45) is 0. The fourth-order valence-corrected chi connectivity index (χ4v) is 1.52. The van der Waals surface area contributed by atoms with E-state index in [-0.39, 0.29) is 11.8 Å². The normalized spacial score (nSPS) is 10.1. The molecule has 0 unspecified atom stereocenters. The maximum Gasteiger partial charge on any atom is 0.223 e. The van der Waals surface area contributed by atoms with Crippen molar-refractivity contribution in [1.82, 2.24) is 9.97 Å². The summed E-state index contributed by atoms with van der Waals surface area (Å²) in [7, 11) is 1.75. The standard InChI is InChI=1S/C12H14FN5/c1-15-10-6-11(18-12(14)17-10)16-7-8-3-2-4-9(13)5-8/h2-6H,7H2,1H3,(H4,14,15,16,17,18). The van der Waals surface area contributed by atoms with Crippen LogP contribution < -0.4 is 16.4 Å². The van der Waals surface area contributed by atoms with Crippen LogP contribution in [0.25, 0.3) is 0 Å². The van der Waals surface area contributed by atoms with Gasteiger partial charge in [0.2, 0.25) is 5.95 Å². The minimum Gasteiger partial charge on any atom is -0.373 e. The van der Waals surface area contributed by atoms with E-state index in [1.54, 1.807) is 19.2 Å². The predicted molar refractivity (Wildman–Crippen MR) is 69.7 cm³/mol. The monoisotopic (exact) mass is 247 g/mol. The zero-order valence-electron chi connectivity index (χ0n) is 9.94. The third kappa shape index (κ3) is 3.07. The highest BCUT2D eigenvalue weighted by molar-refractivity contribution is 5.50. The highest BCUT2D eigenvalue weighted by Crippen LogP contribution is 2.13. The minimum absolute atomic E-state index is 0.184. The van der Waals surface area contributed by atoms with Crippen molar-refractivity contribution in [3.8, 4) is 0 Å². The molecule has 0 aliphatic carbocycles. The van der Waals surface area contributed by atoms with Gasteiger partial charge in [-0.3, -0.25) is 0 Å². The van der Waals surface area contributed by atoms with Crippen molar-refractivity contribution < 1.29 is 4.39 Å². The Labute approximate surface area is 104 Å². The summed E-state index contributed by atoms with van der Waals surface area (Å²) in [6.45, 7) is 0.470. The van der Waals surface area contributed by atoms with E-state index in [1.807, 2.05) is 6.07 Å². The van der Waals surface area contributed by atoms with Crippen molar-refractivity contribution >= 4 is 17.6 Å². The Morgan fingerprint density at radius 1 is 1.22 bits per heavy atom. The lowest BCUT2D eigenvalue weighted by Gasteiger charge is -2.08. The smallest absolute Gasteiger partial charge is 0.223 e. The molecule has 0 atom stereocenters. The summed E-state index contributed by atoms with van der Waals surface area (Å²) in [6, 6.07) is 8.11. The molecule has 0 bridgehead atoms. The zero-order valence-corrected chi connectivity index (χ0v) is 9.94. The molecule has 0 aliphatic rings. The number of rotatable bonds is 4. The van der Waals surface area contributed by atoms with Gasteiger partial charge in [-0.25, -0.2) is 4.39 Å². The molecule has 0 spiro atoms. The molecule has 1 aromatic carbocycles. The lowest BCUT2D eigenvalue weighted by atomic mass is 10.2. The van der Waals surface area contributed by atoms with Gasteiger partial charge in [-0.2, -0.15) is 9.97 Å². The fraction of sp³-hybridized carbons (Fsp3) is 0.167. The number of nitrogens with one attached hydrogen (secondary N) is 2. The second-order valence-electron chi connectivity index (χ2n) is 3.73. The molecule has 4 N–H and O–H groups in total. The Morgan fingerprint density at radius 2 is 2.00 bits per heavy atom. The molecule has 0 saturated heterocycles. The zero-order chi connectivity index (χ0) is 13.0. The van der Waals surface area contributed by atoms with Gasteiger partial charge in [0, 0.05) is 19.7 Å². The Hall–Kier alpha value is -2.37. The van der Waals surface area contributed by atoms with Crippen LogP contribution in [0, 0.1) is 5.82 Å². The Morgan fingerprint density at radius 3 is 2.72 bits per heavy atom. The van der Waals surface area contributed by atoms with E-state index in [0.717, 1.165) is 5.56 Å². The average molecular weight is 247 g/mol. The van der Waals surface area contributed by atoms with Gasteiger partial charge in [-0.05, 0) is 17.7 Å². The fourth-order valence-electron chi connectivity index (χ4n) is 1.52. The van der Waals surface area contributed by atoms with Crippen LogP contribution in [0.15, 0.2) is 30.3 Å². The largest absolute Gasteiger partial charge is 0.373 e. The highest BCUT2D eigenvalue weighted by Gasteiger charge is 2.01. The molecule has 0 aliphatic heterocycles. The number of hydrogen-bond donors (Lipinski definition) is 3. The van der Waals surface area contributed by atoms with Crippen LogP contribution >= 0.6 is 0 Å². The average Bonchev–Trinajstić information content (AvgIpc) is 2.36. The topological polar surface area (TPSA) is 75.9 Å². The summed E-state index contributed by atoms with van der Waals surface area (Å²) in [5, 5.41) is 5.95. The van der Waals surface area contributed by atoms with E-state index in [1.165, 1.54) is 12.1 Å². The van der Waals surface area contributed by atoms with Gasteiger partial charge >= 0.3 is 0 Å². The van der Waals surface area contributed by atoms with E-state index >= 15 is 0 Å². The van der Waals surface area contributed by atoms with Gasteiger partial charge in [0.25, 0.3) is 0 Å². The maximum atomic E-state index is 13.0. The van der Waals surface area contributed by atoms with E-state index in [9.17, 15) is 4.39 Å². The third-order valence-corrected chi connectivity index (χ3v) is 2.36. The molecular formula is C12H14FN5. The van der Waals surface area contributed by atoms with Crippen LogP contribution in [0.4, 0.5) is 22.0 Å². The van der Waals surface area contributed by atoms with Crippen LogP contribution in [0.3, 0.4) is 0 Å². The van der Waals surface area contributed by atoms with E-state index in [0.29, 0.717) is 18.2 Å². The van der Waals surface area contributed by atoms with E-state index < -0.39 is 0 Å². The number of anilines is 3. The van der Waals surface area contributed by atoms with E-state index in [4.69, 9.17) is 5.73 Å². The minimum atomic E-state index is -0.257. The number of nitrogens with two attached hydrogens (primary N) is 1. The predicted octanol–water partition coefficient (Wildman–Crippen LogP) is 1.85. The first kappa shape index (κ1) is 12.1. The van der Waals surface area contributed by atoms with E-state index in [2.05, 4.69) is 20.6 Å². The third-order valence-electron chi connectivity index (χ3n) is 2.36. The van der Waals surface area contributed by atoms with Crippen LogP contribution in [0.5, 0.6) is 0 Å². The number of hydrogen-bond acceptors (Lipinski definition) is 5. The second kappa shape index (κ2) is 5.31. The summed E-state index contributed by atoms with van der Waals surface area (Å²) >= 11 is 0. The molecule has 18 heavy (non-hydrogen) atoms. The molecule has 1 aromatic heterocycles. The van der Waals surface area contributed by atoms with Crippen LogP contribution in [0.1, 0.15) is 5.56 Å². The lowest BCUT2D eigenvalue weighted by Crippen LogP contribution is -2.06. The first-order valence-electron chi connectivity index (χ1n) is 5.48. The van der Waals surface area contributed by atoms with Crippen LogP contribution in [0.2, 0.25) is 0 Å². The van der Waals surface area contributed by atoms with Gasteiger partial charge in [-0.1, -0.05) is 12.1 Å². The molecule has 2 rings (SSSR count). The summed E-state index contributed by atoms with van der Waals surface area (Å²) in [5.41, 5.74) is 6.40. The van der Waals surface area contributed by atoms with Gasteiger partial charge in [0.05, 0.1) is 0 Å². The SMILES string of the molecule is CNc1cc(NCc2cccc(F)c2)nc(N)n1. The molecule has 2 aromatic rings. The molecule has 94 valence electrons. The van der Waals surface area contributed by atoms with Crippen molar-refractivity contribution in [2.75, 3.05) is 23.4 Å². The quantitative estimate of drug-likeness (QED) is 0.768. The van der Waals surface area contributed by atoms with Gasteiger partial charge in [-0.15, -0.1) is 0 Å². The van der Waals surface area contributed by atoms with Crippen LogP contribution in [-0.2, 0) is 6.54 Å². The molecule has 0 amide bonds. The molecule has 5 nitrogen and oxygen atoms in total. The van der Waals surface area contributed by atoms with Crippen molar-refractivity contribution in [3.05, 3.63) is 41.7 Å². The number of nitrogen functional groups attached to an aromatic ring is 1. The lowest BCUT2D eigenvalue weighted by molar-refractivity contribution is 0.626. The van der Waals surface area contributed by atoms with Crippen LogP contribution in [-0.4, -0.2) is 17.0 Å². The first-order valence-corrected chi connectivity index (χ1v) is 5.48. The molecule has 0 radical (unpaired) electrons. The Kier molecular flexibility index (Phi) is 3.57. The number of nitrogens with zero attached hydrogens (tertiary/aromatic N) is 2. The Balaban J connectivity index is 2.08. The molecular weight excluding hydrogens is 233 g/mol. The molecule has 1 heterocycles. The summed E-state index contributed by atoms with van der Waals surface area (Å²) in [5.74, 6) is 1.15. The van der Waals surface area contributed by atoms with Crippen molar-refractivity contribution in [2.24, 2.45) is 0 Å². The summed E-state index contributed by atoms with van der Waals surface area (Å²) < 4.78 is 13.0. The van der Waals surface area contributed by atoms with Gasteiger partial charge in [0.1, 0.15) is 17.5 Å². The van der Waals surface area contributed by atoms with Gasteiger partial charge in [0.15, 0.2) is 0 Å². The molecule has 0 saturated carbocycles. The first-order chi connectivity index (χ1) is 8.67. The molecule has 0 fully saturated rings. The summed E-state index contributed by atoms with van der Waals surface area (Å²) in [4.78, 5) is 8.02. The Bertz CT molecular complexity index is 544. The van der Waals surface area contributed by atoms with Crippen molar-refractivity contribution in [3.63, 3.8) is 0 Å². The number of benzene rings is 1. The number of halogens is 1. The van der Waals surface area contributed by atoms with Crippen molar-refractivity contribution in [1.29, 1.82) is 0 Å². The maximum absolute atomic E-state index is 13.0. The molecule has 6 heteroatoms. The van der Waals surface area contributed by atoms with Crippen molar-refractivity contribution in [2.45, 2.75) is 6.54 Å². The highest BCUT2D eigenvalue weighted by atomic mass is 19.1. The number of aromatic nitrogens is 2. The second-order valence-corrected chi connectivity index (χ2v) is 3.73. The van der Waals surface area contributed by atoms with Gasteiger partial charge < -0.3 is 16.4 Å².